The SMILES string of the molecule is COc1ccc(C(N)CSCc2ccccc2)cc1OC. The molecule has 0 heterocycles. The van der Waals surface area contributed by atoms with Gasteiger partial charge in [-0.3, -0.25) is 0 Å². The lowest BCUT2D eigenvalue weighted by molar-refractivity contribution is 0.354. The number of hydrogen-bond donors (Lipinski definition) is 1. The quantitative estimate of drug-likeness (QED) is 0.848. The van der Waals surface area contributed by atoms with Crippen molar-refractivity contribution in [3.8, 4) is 11.5 Å². The van der Waals surface area contributed by atoms with Crippen molar-refractivity contribution in [3.05, 3.63) is 59.7 Å². The topological polar surface area (TPSA) is 44.5 Å². The minimum atomic E-state index is -0.0153. The molecule has 1 atom stereocenters. The number of hydrogen-bond acceptors (Lipinski definition) is 4. The third kappa shape index (κ3) is 4.41. The average Bonchev–Trinajstić information content (AvgIpc) is 2.55. The van der Waals surface area contributed by atoms with E-state index in [9.17, 15) is 0 Å². The van der Waals surface area contributed by atoms with Crippen molar-refractivity contribution < 1.29 is 9.47 Å². The first-order valence-electron chi connectivity index (χ1n) is 6.83. The zero-order valence-electron chi connectivity index (χ0n) is 12.4. The Bertz CT molecular complexity index is 560. The number of methoxy groups -OCH3 is 2. The van der Waals surface area contributed by atoms with E-state index in [2.05, 4.69) is 24.3 Å². The van der Waals surface area contributed by atoms with Gasteiger partial charge in [0.25, 0.3) is 0 Å². The number of thioether (sulfide) groups is 1. The van der Waals surface area contributed by atoms with Crippen molar-refractivity contribution in [1.29, 1.82) is 0 Å². The Hall–Kier alpha value is -1.65. The van der Waals surface area contributed by atoms with Gasteiger partial charge in [-0.15, -0.1) is 0 Å². The highest BCUT2D eigenvalue weighted by molar-refractivity contribution is 7.98. The van der Waals surface area contributed by atoms with Crippen molar-refractivity contribution in [2.45, 2.75) is 11.8 Å². The average molecular weight is 303 g/mol. The summed E-state index contributed by atoms with van der Waals surface area (Å²) in [6.45, 7) is 0. The first kappa shape index (κ1) is 15.7. The lowest BCUT2D eigenvalue weighted by Gasteiger charge is -2.14. The van der Waals surface area contributed by atoms with Gasteiger partial charge >= 0.3 is 0 Å². The lowest BCUT2D eigenvalue weighted by atomic mass is 10.1. The maximum atomic E-state index is 6.26. The fraction of sp³-hybridized carbons (Fsp3) is 0.294. The molecule has 0 fully saturated rings. The van der Waals surface area contributed by atoms with Gasteiger partial charge in [0.15, 0.2) is 11.5 Å². The van der Waals surface area contributed by atoms with E-state index in [1.54, 1.807) is 14.2 Å². The second-order valence-electron chi connectivity index (χ2n) is 4.72. The van der Waals surface area contributed by atoms with Gasteiger partial charge in [0, 0.05) is 17.5 Å². The summed E-state index contributed by atoms with van der Waals surface area (Å²) in [4.78, 5) is 0. The first-order valence-corrected chi connectivity index (χ1v) is 7.99. The molecule has 0 aromatic heterocycles. The maximum Gasteiger partial charge on any atom is 0.161 e. The summed E-state index contributed by atoms with van der Waals surface area (Å²) in [5.74, 6) is 3.29. The monoisotopic (exact) mass is 303 g/mol. The Balaban J connectivity index is 1.92. The molecule has 0 saturated carbocycles. The minimum Gasteiger partial charge on any atom is -0.493 e. The van der Waals surface area contributed by atoms with Gasteiger partial charge in [0.1, 0.15) is 0 Å². The molecule has 21 heavy (non-hydrogen) atoms. The zero-order valence-corrected chi connectivity index (χ0v) is 13.2. The number of ether oxygens (including phenoxy) is 2. The molecule has 2 aromatic rings. The summed E-state index contributed by atoms with van der Waals surface area (Å²) < 4.78 is 10.6. The van der Waals surface area contributed by atoms with E-state index in [0.29, 0.717) is 0 Å². The normalized spacial score (nSPS) is 12.0. The summed E-state index contributed by atoms with van der Waals surface area (Å²) in [5, 5.41) is 0. The van der Waals surface area contributed by atoms with Gasteiger partial charge in [-0.05, 0) is 23.3 Å². The van der Waals surface area contributed by atoms with Crippen LogP contribution in [0.25, 0.3) is 0 Å². The molecular weight excluding hydrogens is 282 g/mol. The van der Waals surface area contributed by atoms with Gasteiger partial charge in [0.2, 0.25) is 0 Å². The standard InChI is InChI=1S/C17H21NO2S/c1-19-16-9-8-14(10-17(16)20-2)15(18)12-21-11-13-6-4-3-5-7-13/h3-10,15H,11-12,18H2,1-2H3. The van der Waals surface area contributed by atoms with Gasteiger partial charge in [-0.1, -0.05) is 36.4 Å². The predicted molar refractivity (Wildman–Crippen MR) is 89.1 cm³/mol. The van der Waals surface area contributed by atoms with E-state index in [-0.39, 0.29) is 6.04 Å². The molecule has 0 aliphatic rings. The fourth-order valence-corrected chi connectivity index (χ4v) is 3.05. The summed E-state index contributed by atoms with van der Waals surface area (Å²) in [6, 6.07) is 16.2. The summed E-state index contributed by atoms with van der Waals surface area (Å²) in [6.07, 6.45) is 0. The molecule has 0 bridgehead atoms. The van der Waals surface area contributed by atoms with Crippen LogP contribution in [-0.4, -0.2) is 20.0 Å². The van der Waals surface area contributed by atoms with E-state index in [1.807, 2.05) is 36.0 Å². The van der Waals surface area contributed by atoms with Gasteiger partial charge in [-0.25, -0.2) is 0 Å². The first-order chi connectivity index (χ1) is 10.2. The zero-order chi connectivity index (χ0) is 15.1. The maximum absolute atomic E-state index is 6.26. The highest BCUT2D eigenvalue weighted by atomic mass is 32.2. The molecule has 112 valence electrons. The van der Waals surface area contributed by atoms with Gasteiger partial charge in [-0.2, -0.15) is 11.8 Å². The van der Waals surface area contributed by atoms with Crippen molar-refractivity contribution >= 4 is 11.8 Å². The van der Waals surface area contributed by atoms with Crippen molar-refractivity contribution in [2.75, 3.05) is 20.0 Å². The van der Waals surface area contributed by atoms with Crippen LogP contribution in [0.2, 0.25) is 0 Å². The minimum absolute atomic E-state index is 0.0153. The molecule has 2 aromatic carbocycles. The van der Waals surface area contributed by atoms with Crippen LogP contribution in [0.15, 0.2) is 48.5 Å². The third-order valence-corrected chi connectivity index (χ3v) is 4.38. The van der Waals surface area contributed by atoms with Crippen LogP contribution in [0.1, 0.15) is 17.2 Å². The summed E-state index contributed by atoms with van der Waals surface area (Å²) in [5.41, 5.74) is 8.64. The number of nitrogens with two attached hydrogens (primary N) is 1. The largest absolute Gasteiger partial charge is 0.493 e. The van der Waals surface area contributed by atoms with Crippen LogP contribution in [-0.2, 0) is 5.75 Å². The molecule has 3 nitrogen and oxygen atoms in total. The Labute approximate surface area is 130 Å². The molecule has 0 amide bonds. The lowest BCUT2D eigenvalue weighted by Crippen LogP contribution is -2.13. The molecule has 2 N–H and O–H groups in total. The van der Waals surface area contributed by atoms with E-state index < -0.39 is 0 Å². The fourth-order valence-electron chi connectivity index (χ4n) is 2.06. The second-order valence-corrected chi connectivity index (χ2v) is 5.75. The molecule has 0 aliphatic heterocycles. The molecule has 0 spiro atoms. The van der Waals surface area contributed by atoms with Crippen LogP contribution in [0.3, 0.4) is 0 Å². The Kier molecular flexibility index (Phi) is 5.96. The van der Waals surface area contributed by atoms with E-state index in [4.69, 9.17) is 15.2 Å². The Morgan fingerprint density at radius 3 is 2.38 bits per heavy atom. The molecule has 0 saturated heterocycles. The van der Waals surface area contributed by atoms with Crippen molar-refractivity contribution in [3.63, 3.8) is 0 Å². The molecular formula is C17H21NO2S. The van der Waals surface area contributed by atoms with E-state index >= 15 is 0 Å². The molecule has 0 aliphatic carbocycles. The molecule has 0 radical (unpaired) electrons. The van der Waals surface area contributed by atoms with E-state index in [0.717, 1.165) is 28.6 Å². The number of benzene rings is 2. The predicted octanol–water partition coefficient (Wildman–Crippen LogP) is 3.64. The molecule has 1 unspecified atom stereocenters. The molecule has 4 heteroatoms. The van der Waals surface area contributed by atoms with Crippen LogP contribution in [0.5, 0.6) is 11.5 Å². The van der Waals surface area contributed by atoms with Gasteiger partial charge in [0.05, 0.1) is 14.2 Å². The van der Waals surface area contributed by atoms with Crippen LogP contribution in [0.4, 0.5) is 0 Å². The van der Waals surface area contributed by atoms with Crippen molar-refractivity contribution in [1.82, 2.24) is 0 Å². The summed E-state index contributed by atoms with van der Waals surface area (Å²) in [7, 11) is 3.27. The highest BCUT2D eigenvalue weighted by Crippen LogP contribution is 2.30. The van der Waals surface area contributed by atoms with E-state index in [1.165, 1.54) is 5.56 Å². The van der Waals surface area contributed by atoms with Crippen LogP contribution < -0.4 is 15.2 Å². The Morgan fingerprint density at radius 1 is 1.00 bits per heavy atom. The number of rotatable bonds is 7. The third-order valence-electron chi connectivity index (χ3n) is 3.24. The van der Waals surface area contributed by atoms with Crippen LogP contribution in [0, 0.1) is 0 Å². The highest BCUT2D eigenvalue weighted by Gasteiger charge is 2.10. The second kappa shape index (κ2) is 7.96. The Morgan fingerprint density at radius 2 is 1.71 bits per heavy atom. The molecule has 2 rings (SSSR count). The van der Waals surface area contributed by atoms with Crippen molar-refractivity contribution in [2.24, 2.45) is 5.73 Å². The summed E-state index contributed by atoms with van der Waals surface area (Å²) >= 11 is 1.84. The smallest absolute Gasteiger partial charge is 0.161 e. The van der Waals surface area contributed by atoms with Gasteiger partial charge < -0.3 is 15.2 Å². The van der Waals surface area contributed by atoms with Crippen LogP contribution >= 0.6 is 11.8 Å².